The summed E-state index contributed by atoms with van der Waals surface area (Å²) in [5, 5.41) is 26.3. The van der Waals surface area contributed by atoms with E-state index < -0.39 is 84.6 Å². The maximum Gasteiger partial charge on any atom is 0.481 e. The van der Waals surface area contributed by atoms with Gasteiger partial charge in [-0.15, -0.1) is 0 Å². The molecule has 2 aromatic heterocycles. The van der Waals surface area contributed by atoms with Crippen LogP contribution in [-0.4, -0.2) is 152 Å². The van der Waals surface area contributed by atoms with Crippen molar-refractivity contribution >= 4 is 98.7 Å². The third-order valence-corrected chi connectivity index (χ3v) is 11.3. The number of ether oxygens (including phenoxy) is 1. The van der Waals surface area contributed by atoms with E-state index in [1.165, 1.54) is 13.8 Å². The van der Waals surface area contributed by atoms with Gasteiger partial charge in [-0.3, -0.25) is 32.5 Å². The van der Waals surface area contributed by atoms with Gasteiger partial charge >= 0.3 is 23.5 Å². The number of nitrogens with zero attached hydrogens (tertiary/aromatic N) is 4. The van der Waals surface area contributed by atoms with Crippen molar-refractivity contribution in [2.24, 2.45) is 11.3 Å². The molecule has 1 saturated heterocycles. The van der Waals surface area contributed by atoms with Crippen molar-refractivity contribution in [3.63, 3.8) is 0 Å². The van der Waals surface area contributed by atoms with Gasteiger partial charge in [-0.05, 0) is 5.92 Å². The fraction of sp³-hybridized carbons (Fsp3) is 0.692. The normalized spacial score (nSPS) is 21.7. The zero-order valence-corrected chi connectivity index (χ0v) is 35.9. The number of anilines is 1. The van der Waals surface area contributed by atoms with Crippen LogP contribution in [-0.2, 0) is 50.7 Å². The van der Waals surface area contributed by atoms with E-state index in [9.17, 15) is 57.9 Å². The van der Waals surface area contributed by atoms with Crippen molar-refractivity contribution < 1.29 is 80.5 Å². The molecule has 307 valence electrons. The van der Waals surface area contributed by atoms with Crippen LogP contribution in [0.1, 0.15) is 46.8 Å². The van der Waals surface area contributed by atoms with Crippen LogP contribution in [0.3, 0.4) is 0 Å². The van der Waals surface area contributed by atoms with E-state index in [2.05, 4.69) is 34.4 Å². The van der Waals surface area contributed by atoms with Crippen LogP contribution < -0.4 is 16.4 Å². The number of rotatable bonds is 21. The number of carbonyl (C=O) groups excluding carboxylic acids is 3. The summed E-state index contributed by atoms with van der Waals surface area (Å²) in [5.74, 6) is -0.844. The monoisotopic (exact) mass is 874 g/mol. The van der Waals surface area contributed by atoms with Crippen molar-refractivity contribution in [1.29, 1.82) is 0 Å². The van der Waals surface area contributed by atoms with Crippen molar-refractivity contribution in [2.75, 3.05) is 37.8 Å². The second kappa shape index (κ2) is 21.0. The Kier molecular flexibility index (Phi) is 19.0. The van der Waals surface area contributed by atoms with Gasteiger partial charge in [0, 0.05) is 66.7 Å². The number of hydrogen-bond donors (Lipinski definition) is 9. The Balaban J connectivity index is 0.0000105. The Morgan fingerprint density at radius 2 is 1.71 bits per heavy atom. The molecule has 0 bridgehead atoms. The van der Waals surface area contributed by atoms with Crippen molar-refractivity contribution in [3.8, 4) is 0 Å². The van der Waals surface area contributed by atoms with Gasteiger partial charge in [-0.2, -0.15) is 4.31 Å². The fourth-order valence-corrected chi connectivity index (χ4v) is 8.40. The zero-order chi connectivity index (χ0) is 40.6. The Morgan fingerprint density at radius 3 is 2.35 bits per heavy atom. The van der Waals surface area contributed by atoms with Gasteiger partial charge in [0.1, 0.15) is 36.3 Å². The van der Waals surface area contributed by atoms with E-state index >= 15 is 0 Å². The van der Waals surface area contributed by atoms with Crippen LogP contribution in [0.15, 0.2) is 12.7 Å². The third kappa shape index (κ3) is 15.7. The van der Waals surface area contributed by atoms with E-state index in [0.717, 1.165) is 29.0 Å². The van der Waals surface area contributed by atoms with Gasteiger partial charge in [-0.25, -0.2) is 28.6 Å². The average molecular weight is 875 g/mol. The first kappa shape index (κ1) is 49.7. The first-order valence-corrected chi connectivity index (χ1v) is 21.5. The van der Waals surface area contributed by atoms with E-state index in [-0.39, 0.29) is 77.1 Å². The number of phosphoric acid groups is 3. The molecular formula is C26H44N7NaO17P3S. The predicted molar refractivity (Wildman–Crippen MR) is 192 cm³/mol. The average Bonchev–Trinajstić information content (AvgIpc) is 3.60. The molecular weight excluding hydrogens is 830 g/mol. The summed E-state index contributed by atoms with van der Waals surface area (Å²) >= 11 is 1.10. The minimum Gasteiger partial charge on any atom is -0.386 e. The molecule has 24 nitrogen and oxygen atoms in total. The molecule has 0 aliphatic carbocycles. The molecule has 55 heavy (non-hydrogen) atoms. The molecule has 1 fully saturated rings. The van der Waals surface area contributed by atoms with Crippen molar-refractivity contribution in [1.82, 2.24) is 30.2 Å². The number of fused-ring (bicyclic) bond motifs is 1. The van der Waals surface area contributed by atoms with Gasteiger partial charge < -0.3 is 50.9 Å². The van der Waals surface area contributed by atoms with Crippen LogP contribution in [0.2, 0.25) is 0 Å². The minimum atomic E-state index is -5.56. The van der Waals surface area contributed by atoms with Crippen LogP contribution in [0.4, 0.5) is 5.82 Å². The second-order valence-electron chi connectivity index (χ2n) is 12.9. The predicted octanol–water partition coefficient (Wildman–Crippen LogP) is -0.670. The number of nitrogens with two attached hydrogens (primary N) is 1. The summed E-state index contributed by atoms with van der Waals surface area (Å²) in [6.45, 7) is 4.36. The second-order valence-corrected chi connectivity index (χ2v) is 18.3. The largest absolute Gasteiger partial charge is 0.481 e. The van der Waals surface area contributed by atoms with Crippen LogP contribution in [0.5, 0.6) is 0 Å². The quantitative estimate of drug-likeness (QED) is 0.0426. The number of thioether (sulfide) groups is 1. The number of hydrogen-bond acceptors (Lipinski definition) is 18. The number of phosphoric ester groups is 3. The first-order chi connectivity index (χ1) is 24.9. The van der Waals surface area contributed by atoms with E-state index in [4.69, 9.17) is 19.5 Å². The SMILES string of the molecule is CC(C)CC(=O)SCCNC(=O)CCNC(=O)[C@H](O)C(C)(C)COP(=O)(O)OP(=O)(O)OC[C@H]1O[C@@H](n2cnc3c(N)ncnc32)[C@H](O)[C@@H]1OP(=O)(O)O.[Na]. The van der Waals surface area contributed by atoms with Gasteiger partial charge in [-0.1, -0.05) is 39.5 Å². The fourth-order valence-electron chi connectivity index (χ4n) is 4.69. The first-order valence-electron chi connectivity index (χ1n) is 16.0. The Bertz CT molecular complexity index is 1790. The molecule has 7 atom stereocenters. The molecule has 2 amide bonds. The Morgan fingerprint density at radius 1 is 1.05 bits per heavy atom. The molecule has 10 N–H and O–H groups in total. The van der Waals surface area contributed by atoms with E-state index in [1.54, 1.807) is 0 Å². The number of imidazole rings is 1. The van der Waals surface area contributed by atoms with Crippen molar-refractivity contribution in [3.05, 3.63) is 12.7 Å². The number of nitrogen functional groups attached to an aromatic ring is 1. The van der Waals surface area contributed by atoms with Gasteiger partial charge in [0.2, 0.25) is 11.8 Å². The maximum absolute atomic E-state index is 12.7. The van der Waals surface area contributed by atoms with Crippen LogP contribution >= 0.6 is 35.2 Å². The van der Waals surface area contributed by atoms with Gasteiger partial charge in [0.05, 0.1) is 19.5 Å². The summed E-state index contributed by atoms with van der Waals surface area (Å²) in [6.07, 6.45) is -6.47. The molecule has 0 aromatic carbocycles. The summed E-state index contributed by atoms with van der Waals surface area (Å²) < 4.78 is 62.0. The molecule has 1 aliphatic rings. The summed E-state index contributed by atoms with van der Waals surface area (Å²) in [7, 11) is -16.4. The molecule has 0 saturated carbocycles. The number of aromatic nitrogens is 4. The van der Waals surface area contributed by atoms with Crippen LogP contribution in [0, 0.1) is 11.3 Å². The molecule has 3 heterocycles. The topological polar surface area (TPSA) is 364 Å². The molecule has 0 spiro atoms. The molecule has 3 rings (SSSR count). The molecule has 1 aliphatic heterocycles. The Labute approximate surface area is 340 Å². The molecule has 2 aromatic rings. The van der Waals surface area contributed by atoms with E-state index in [1.807, 2.05) is 13.8 Å². The standard InChI is InChI=1S/C26H44N7O17P3S.Na/c1-14(2)9-17(35)54-8-7-28-16(34)5-6-29-24(38)21(37)26(3,4)11-47-53(44,45)50-52(42,43)46-10-15-20(49-51(39,40)41)19(36)25(48-15)33-13-32-18-22(27)30-12-31-23(18)33;/h12-15,19-21,25,36-37H,5-11H2,1-4H3,(H,28,34)(H,29,38)(H,42,43)(H,44,45)(H2,27,30,31)(H2,39,40,41);/t15-,19-,20-,21+,25-;/m1./s1. The summed E-state index contributed by atoms with van der Waals surface area (Å²) in [4.78, 5) is 87.1. The maximum atomic E-state index is 12.7. The van der Waals surface area contributed by atoms with Gasteiger partial charge in [0.25, 0.3) is 0 Å². The molecule has 29 heteroatoms. The van der Waals surface area contributed by atoms with Crippen molar-refractivity contribution in [2.45, 2.75) is 71.2 Å². The zero-order valence-electron chi connectivity index (χ0n) is 30.4. The molecule has 1 radical (unpaired) electrons. The third-order valence-electron chi connectivity index (χ3n) is 7.34. The number of nitrogens with one attached hydrogen (secondary N) is 2. The molecule has 2 unspecified atom stereocenters. The van der Waals surface area contributed by atoms with Crippen LogP contribution in [0.25, 0.3) is 11.2 Å². The summed E-state index contributed by atoms with van der Waals surface area (Å²) in [6, 6.07) is 0. The van der Waals surface area contributed by atoms with Gasteiger partial charge in [0.15, 0.2) is 22.8 Å². The number of aliphatic hydroxyl groups is 2. The number of carbonyl (C=O) groups is 3. The minimum absolute atomic E-state index is 0. The summed E-state index contributed by atoms with van der Waals surface area (Å²) in [5.41, 5.74) is 4.27. The number of amides is 2. The van der Waals surface area contributed by atoms with E-state index in [0.29, 0.717) is 12.2 Å². The Hall–Kier alpha value is -1.44. The number of aliphatic hydroxyl groups excluding tert-OH is 2. The smallest absolute Gasteiger partial charge is 0.386 e.